The fraction of sp³-hybridized carbons (Fsp3) is 0.857. The van der Waals surface area contributed by atoms with Gasteiger partial charge in [-0.2, -0.15) is 0 Å². The second-order valence-corrected chi connectivity index (χ2v) is 5.72. The highest BCUT2D eigenvalue weighted by atomic mass is 16.5. The first-order valence-corrected chi connectivity index (χ1v) is 7.22. The molecule has 0 aromatic rings. The van der Waals surface area contributed by atoms with Gasteiger partial charge in [0.25, 0.3) is 0 Å². The maximum Gasteiger partial charge on any atom is 0.315 e. The zero-order chi connectivity index (χ0) is 15.2. The summed E-state index contributed by atoms with van der Waals surface area (Å²) in [5.74, 6) is -0.986. The van der Waals surface area contributed by atoms with Crippen molar-refractivity contribution in [1.29, 1.82) is 0 Å². The van der Waals surface area contributed by atoms with E-state index in [9.17, 15) is 9.59 Å². The quantitative estimate of drug-likeness (QED) is 0.694. The molecule has 1 saturated carbocycles. The van der Waals surface area contributed by atoms with Crippen molar-refractivity contribution in [2.24, 2.45) is 5.92 Å². The predicted octanol–water partition coefficient (Wildman–Crippen LogP) is 1.74. The molecule has 0 aromatic carbocycles. The molecule has 6 nitrogen and oxygen atoms in total. The number of hydrogen-bond acceptors (Lipinski definition) is 3. The molecular formula is C14H26N2O4. The maximum absolute atomic E-state index is 11.8. The molecule has 1 aliphatic rings. The number of amides is 2. The lowest BCUT2D eigenvalue weighted by Gasteiger charge is -2.29. The van der Waals surface area contributed by atoms with Crippen LogP contribution in [0.4, 0.5) is 4.79 Å². The van der Waals surface area contributed by atoms with E-state index in [1.54, 1.807) is 7.11 Å². The van der Waals surface area contributed by atoms with E-state index in [2.05, 4.69) is 10.6 Å². The van der Waals surface area contributed by atoms with Crippen LogP contribution in [0.5, 0.6) is 0 Å². The highest BCUT2D eigenvalue weighted by Gasteiger charge is 2.27. The number of carboxylic acids is 1. The van der Waals surface area contributed by atoms with E-state index in [-0.39, 0.29) is 23.6 Å². The van der Waals surface area contributed by atoms with E-state index in [4.69, 9.17) is 9.84 Å². The highest BCUT2D eigenvalue weighted by Crippen LogP contribution is 2.24. The summed E-state index contributed by atoms with van der Waals surface area (Å²) in [5, 5.41) is 14.6. The minimum absolute atomic E-state index is 0.0704. The van der Waals surface area contributed by atoms with Crippen molar-refractivity contribution in [2.45, 2.75) is 57.6 Å². The van der Waals surface area contributed by atoms with Gasteiger partial charge in [0.05, 0.1) is 11.5 Å². The molecule has 0 bridgehead atoms. The number of carbonyl (C=O) groups is 2. The Labute approximate surface area is 120 Å². The summed E-state index contributed by atoms with van der Waals surface area (Å²) >= 11 is 0. The van der Waals surface area contributed by atoms with Crippen LogP contribution < -0.4 is 10.6 Å². The average molecular weight is 286 g/mol. The van der Waals surface area contributed by atoms with Gasteiger partial charge in [0.1, 0.15) is 0 Å². The van der Waals surface area contributed by atoms with Gasteiger partial charge in [-0.25, -0.2) is 4.79 Å². The van der Waals surface area contributed by atoms with Crippen molar-refractivity contribution in [3.8, 4) is 0 Å². The van der Waals surface area contributed by atoms with Gasteiger partial charge in [0.2, 0.25) is 0 Å². The van der Waals surface area contributed by atoms with Crippen molar-refractivity contribution in [3.05, 3.63) is 0 Å². The van der Waals surface area contributed by atoms with Gasteiger partial charge in [-0.3, -0.25) is 4.79 Å². The number of hydrogen-bond donors (Lipinski definition) is 3. The van der Waals surface area contributed by atoms with E-state index in [1.807, 2.05) is 13.8 Å². The van der Waals surface area contributed by atoms with Gasteiger partial charge in [-0.15, -0.1) is 0 Å². The Hall–Kier alpha value is -1.30. The maximum atomic E-state index is 11.8. The third-order valence-electron chi connectivity index (χ3n) is 4.28. The molecule has 116 valence electrons. The molecule has 3 N–H and O–H groups in total. The van der Waals surface area contributed by atoms with E-state index < -0.39 is 5.97 Å². The molecule has 1 unspecified atom stereocenters. The van der Waals surface area contributed by atoms with Crippen molar-refractivity contribution in [3.63, 3.8) is 0 Å². The van der Waals surface area contributed by atoms with Crippen LogP contribution in [0.2, 0.25) is 0 Å². The molecule has 2 amide bonds. The second kappa shape index (κ2) is 7.47. The molecule has 1 aliphatic carbocycles. The first-order chi connectivity index (χ1) is 9.40. The summed E-state index contributed by atoms with van der Waals surface area (Å²) in [7, 11) is 1.64. The molecule has 1 fully saturated rings. The molecule has 6 heteroatoms. The number of methoxy groups -OCH3 is 1. The first-order valence-electron chi connectivity index (χ1n) is 7.22. The molecule has 20 heavy (non-hydrogen) atoms. The minimum Gasteiger partial charge on any atom is -0.481 e. The van der Waals surface area contributed by atoms with E-state index in [0.717, 1.165) is 19.3 Å². The topological polar surface area (TPSA) is 87.7 Å². The summed E-state index contributed by atoms with van der Waals surface area (Å²) < 4.78 is 5.36. The molecular weight excluding hydrogens is 260 g/mol. The Kier molecular flexibility index (Phi) is 6.26. The predicted molar refractivity (Wildman–Crippen MR) is 75.6 cm³/mol. The van der Waals surface area contributed by atoms with Crippen LogP contribution in [0.1, 0.15) is 46.0 Å². The number of rotatable bonds is 6. The number of urea groups is 1. The standard InChI is InChI=1S/C14H26N2O4/c1-4-14(2,20-3)9-15-13(19)16-11-7-5-10(6-8-11)12(17)18/h10-11H,4-9H2,1-3H3,(H,17,18)(H2,15,16,19). The molecule has 0 aromatic heterocycles. The first kappa shape index (κ1) is 16.8. The lowest BCUT2D eigenvalue weighted by Crippen LogP contribution is -2.49. The summed E-state index contributed by atoms with van der Waals surface area (Å²) in [6.07, 6.45) is 3.52. The molecule has 1 rings (SSSR count). The molecule has 1 atom stereocenters. The lowest BCUT2D eigenvalue weighted by atomic mass is 9.86. The van der Waals surface area contributed by atoms with E-state index in [0.29, 0.717) is 19.4 Å². The second-order valence-electron chi connectivity index (χ2n) is 5.72. The summed E-state index contributed by atoms with van der Waals surface area (Å²) in [6, 6.07) is -0.137. The lowest BCUT2D eigenvalue weighted by molar-refractivity contribution is -0.142. The third kappa shape index (κ3) is 5.00. The molecule has 0 saturated heterocycles. The van der Waals surface area contributed by atoms with Crippen LogP contribution in [0.3, 0.4) is 0 Å². The van der Waals surface area contributed by atoms with Crippen LogP contribution in [0, 0.1) is 5.92 Å². The third-order valence-corrected chi connectivity index (χ3v) is 4.28. The molecule has 0 spiro atoms. The summed E-state index contributed by atoms with van der Waals surface area (Å²) in [5.41, 5.74) is -0.349. The number of nitrogens with one attached hydrogen (secondary N) is 2. The van der Waals surface area contributed by atoms with E-state index in [1.165, 1.54) is 0 Å². The summed E-state index contributed by atoms with van der Waals surface area (Å²) in [6.45, 7) is 4.41. The number of carboxylic acid groups (broad SMARTS) is 1. The highest BCUT2D eigenvalue weighted by molar-refractivity contribution is 5.74. The average Bonchev–Trinajstić information content (AvgIpc) is 2.45. The number of aliphatic carboxylic acids is 1. The number of carbonyl (C=O) groups excluding carboxylic acids is 1. The van der Waals surface area contributed by atoms with Crippen LogP contribution in [0.25, 0.3) is 0 Å². The number of ether oxygens (including phenoxy) is 1. The Morgan fingerprint density at radius 2 is 1.90 bits per heavy atom. The molecule has 0 heterocycles. The van der Waals surface area contributed by atoms with Gasteiger partial charge in [0.15, 0.2) is 0 Å². The van der Waals surface area contributed by atoms with E-state index >= 15 is 0 Å². The van der Waals surface area contributed by atoms with Crippen molar-refractivity contribution < 1.29 is 19.4 Å². The fourth-order valence-electron chi connectivity index (χ4n) is 2.33. The fourth-order valence-corrected chi connectivity index (χ4v) is 2.33. The zero-order valence-corrected chi connectivity index (χ0v) is 12.6. The van der Waals surface area contributed by atoms with Crippen LogP contribution in [0.15, 0.2) is 0 Å². The normalized spacial score (nSPS) is 25.6. The van der Waals surface area contributed by atoms with Crippen molar-refractivity contribution >= 4 is 12.0 Å². The van der Waals surface area contributed by atoms with Crippen molar-refractivity contribution in [1.82, 2.24) is 10.6 Å². The van der Waals surface area contributed by atoms with Gasteiger partial charge in [-0.05, 0) is 39.0 Å². The Morgan fingerprint density at radius 3 is 2.35 bits per heavy atom. The Balaban J connectivity index is 2.28. The van der Waals surface area contributed by atoms with Crippen LogP contribution in [-0.4, -0.2) is 42.4 Å². The van der Waals surface area contributed by atoms with Gasteiger partial charge in [0, 0.05) is 19.7 Å². The molecule has 0 aliphatic heterocycles. The SMILES string of the molecule is CCC(C)(CNC(=O)NC1CCC(C(=O)O)CC1)OC. The van der Waals surface area contributed by atoms with Gasteiger partial charge < -0.3 is 20.5 Å². The minimum atomic E-state index is -0.730. The zero-order valence-electron chi connectivity index (χ0n) is 12.6. The molecule has 0 radical (unpaired) electrons. The van der Waals surface area contributed by atoms with Gasteiger partial charge >= 0.3 is 12.0 Å². The smallest absolute Gasteiger partial charge is 0.315 e. The van der Waals surface area contributed by atoms with Crippen molar-refractivity contribution in [2.75, 3.05) is 13.7 Å². The van der Waals surface area contributed by atoms with Gasteiger partial charge in [-0.1, -0.05) is 6.92 Å². The largest absolute Gasteiger partial charge is 0.481 e. The Morgan fingerprint density at radius 1 is 1.30 bits per heavy atom. The monoisotopic (exact) mass is 286 g/mol. The van der Waals surface area contributed by atoms with Crippen LogP contribution in [-0.2, 0) is 9.53 Å². The summed E-state index contributed by atoms with van der Waals surface area (Å²) in [4.78, 5) is 22.7. The van der Waals surface area contributed by atoms with Crippen LogP contribution >= 0.6 is 0 Å². The Bertz CT molecular complexity index is 334.